The van der Waals surface area contributed by atoms with Crippen molar-refractivity contribution in [3.05, 3.63) is 0 Å². The maximum atomic E-state index is 12.6. The second-order valence-electron chi connectivity index (χ2n) is 6.35. The topological polar surface area (TPSA) is 60.9 Å². The molecule has 1 N–H and O–H groups in total. The van der Waals surface area contributed by atoms with Gasteiger partial charge in [-0.2, -0.15) is 17.0 Å². The molecular formula is C14H28N2O3S. The summed E-state index contributed by atoms with van der Waals surface area (Å²) in [5, 5.41) is 9.86. The van der Waals surface area contributed by atoms with Gasteiger partial charge in [-0.25, -0.2) is 0 Å². The molecule has 118 valence electrons. The summed E-state index contributed by atoms with van der Waals surface area (Å²) >= 11 is 0. The van der Waals surface area contributed by atoms with Gasteiger partial charge >= 0.3 is 0 Å². The predicted molar refractivity (Wildman–Crippen MR) is 79.5 cm³/mol. The Bertz CT molecular complexity index is 407. The minimum absolute atomic E-state index is 0.0922. The van der Waals surface area contributed by atoms with E-state index in [2.05, 4.69) is 0 Å². The van der Waals surface area contributed by atoms with E-state index in [-0.39, 0.29) is 18.1 Å². The number of nitrogens with zero attached hydrogens (tertiary/aromatic N) is 2. The summed E-state index contributed by atoms with van der Waals surface area (Å²) in [5.41, 5.74) is 0. The summed E-state index contributed by atoms with van der Waals surface area (Å²) in [5.74, 6) is 0.0922. The number of rotatable bonds is 5. The summed E-state index contributed by atoms with van der Waals surface area (Å²) in [6.07, 6.45) is 7.78. The molecule has 0 aromatic heterocycles. The highest BCUT2D eigenvalue weighted by molar-refractivity contribution is 7.86. The van der Waals surface area contributed by atoms with Gasteiger partial charge in [-0.05, 0) is 31.6 Å². The van der Waals surface area contributed by atoms with Gasteiger partial charge in [-0.15, -0.1) is 0 Å². The molecule has 0 spiro atoms. The molecule has 0 aromatic rings. The van der Waals surface area contributed by atoms with Gasteiger partial charge in [0.25, 0.3) is 10.2 Å². The second-order valence-corrected chi connectivity index (χ2v) is 8.45. The fraction of sp³-hybridized carbons (Fsp3) is 1.00. The Kier molecular flexibility index (Phi) is 5.45. The molecule has 0 bridgehead atoms. The molecule has 0 aromatic carbocycles. The van der Waals surface area contributed by atoms with Gasteiger partial charge in [0.1, 0.15) is 0 Å². The van der Waals surface area contributed by atoms with Crippen molar-refractivity contribution in [1.82, 2.24) is 8.61 Å². The Morgan fingerprint density at radius 1 is 1.00 bits per heavy atom. The van der Waals surface area contributed by atoms with Crippen LogP contribution in [0.2, 0.25) is 0 Å². The van der Waals surface area contributed by atoms with Crippen LogP contribution >= 0.6 is 0 Å². The lowest BCUT2D eigenvalue weighted by atomic mass is 9.96. The zero-order valence-electron chi connectivity index (χ0n) is 12.7. The highest BCUT2D eigenvalue weighted by atomic mass is 32.2. The molecular weight excluding hydrogens is 276 g/mol. The van der Waals surface area contributed by atoms with E-state index in [9.17, 15) is 13.5 Å². The average molecular weight is 304 g/mol. The molecule has 2 fully saturated rings. The molecule has 2 saturated carbocycles. The van der Waals surface area contributed by atoms with Crippen LogP contribution in [0.15, 0.2) is 0 Å². The normalized spacial score (nSPS) is 29.4. The van der Waals surface area contributed by atoms with Gasteiger partial charge in [0, 0.05) is 26.7 Å². The average Bonchev–Trinajstić information content (AvgIpc) is 2.84. The largest absolute Gasteiger partial charge is 0.393 e. The molecule has 0 radical (unpaired) electrons. The molecule has 0 aliphatic heterocycles. The van der Waals surface area contributed by atoms with Crippen molar-refractivity contribution in [2.45, 2.75) is 63.5 Å². The number of aliphatic hydroxyl groups is 1. The van der Waals surface area contributed by atoms with Crippen LogP contribution in [0.4, 0.5) is 0 Å². The standard InChI is InChI=1S/C14H28N2O3S/c1-15(11-12-7-6-10-14(12)17)20(18,19)16(2)13-8-4-3-5-9-13/h12-14,17H,3-11H2,1-2H3. The van der Waals surface area contributed by atoms with Gasteiger partial charge in [-0.3, -0.25) is 0 Å². The zero-order valence-corrected chi connectivity index (χ0v) is 13.5. The first-order valence-corrected chi connectivity index (χ1v) is 9.20. The third-order valence-corrected chi connectivity index (χ3v) is 6.92. The zero-order chi connectivity index (χ0) is 14.8. The molecule has 2 atom stereocenters. The Balaban J connectivity index is 1.97. The van der Waals surface area contributed by atoms with Crippen molar-refractivity contribution in [1.29, 1.82) is 0 Å². The van der Waals surface area contributed by atoms with E-state index in [1.807, 2.05) is 0 Å². The van der Waals surface area contributed by atoms with E-state index in [1.165, 1.54) is 10.7 Å². The molecule has 5 nitrogen and oxygen atoms in total. The minimum atomic E-state index is -3.39. The highest BCUT2D eigenvalue weighted by Crippen LogP contribution is 2.28. The van der Waals surface area contributed by atoms with Gasteiger partial charge in [0.05, 0.1) is 6.10 Å². The molecule has 20 heavy (non-hydrogen) atoms. The first-order chi connectivity index (χ1) is 9.43. The van der Waals surface area contributed by atoms with E-state index >= 15 is 0 Å². The fourth-order valence-electron chi connectivity index (χ4n) is 3.51. The first kappa shape index (κ1) is 16.2. The quantitative estimate of drug-likeness (QED) is 0.839. The summed E-state index contributed by atoms with van der Waals surface area (Å²) < 4.78 is 28.2. The number of hydrogen-bond donors (Lipinski definition) is 1. The molecule has 2 unspecified atom stereocenters. The van der Waals surface area contributed by atoms with Crippen LogP contribution in [-0.4, -0.2) is 54.9 Å². The number of hydrogen-bond acceptors (Lipinski definition) is 3. The Hall–Kier alpha value is -0.170. The SMILES string of the molecule is CN(CC1CCCC1O)S(=O)(=O)N(C)C1CCCCC1. The molecule has 2 aliphatic rings. The van der Waals surface area contributed by atoms with E-state index in [0.29, 0.717) is 6.54 Å². The minimum Gasteiger partial charge on any atom is -0.393 e. The Morgan fingerprint density at radius 3 is 2.20 bits per heavy atom. The fourth-order valence-corrected chi connectivity index (χ4v) is 4.91. The molecule has 2 rings (SSSR count). The number of aliphatic hydroxyl groups excluding tert-OH is 1. The van der Waals surface area contributed by atoms with Crippen LogP contribution < -0.4 is 0 Å². The van der Waals surface area contributed by atoms with Crippen molar-refractivity contribution < 1.29 is 13.5 Å². The van der Waals surface area contributed by atoms with Crippen LogP contribution in [0.1, 0.15) is 51.4 Å². The molecule has 6 heteroatoms. The van der Waals surface area contributed by atoms with Gasteiger partial charge in [0.15, 0.2) is 0 Å². The van der Waals surface area contributed by atoms with Crippen LogP contribution in [0.5, 0.6) is 0 Å². The summed E-state index contributed by atoms with van der Waals surface area (Å²) in [6, 6.07) is 0.143. The van der Waals surface area contributed by atoms with Crippen LogP contribution in [-0.2, 0) is 10.2 Å². The van der Waals surface area contributed by atoms with Crippen molar-refractivity contribution in [2.24, 2.45) is 5.92 Å². The summed E-state index contributed by atoms with van der Waals surface area (Å²) in [4.78, 5) is 0. The summed E-state index contributed by atoms with van der Waals surface area (Å²) in [6.45, 7) is 0.431. The molecule has 0 saturated heterocycles. The third-order valence-electron chi connectivity index (χ3n) is 4.96. The van der Waals surface area contributed by atoms with Crippen molar-refractivity contribution in [3.63, 3.8) is 0 Å². The highest BCUT2D eigenvalue weighted by Gasteiger charge is 2.34. The van der Waals surface area contributed by atoms with Gasteiger partial charge < -0.3 is 5.11 Å². The van der Waals surface area contributed by atoms with Crippen LogP contribution in [0.25, 0.3) is 0 Å². The molecule has 0 amide bonds. The van der Waals surface area contributed by atoms with E-state index in [1.54, 1.807) is 18.4 Å². The maximum absolute atomic E-state index is 12.6. The third kappa shape index (κ3) is 3.53. The summed E-state index contributed by atoms with van der Waals surface area (Å²) in [7, 11) is -0.0541. The lowest BCUT2D eigenvalue weighted by Gasteiger charge is -2.34. The van der Waals surface area contributed by atoms with E-state index in [4.69, 9.17) is 0 Å². The smallest absolute Gasteiger partial charge is 0.281 e. The first-order valence-electron chi connectivity index (χ1n) is 7.80. The molecule has 0 heterocycles. The maximum Gasteiger partial charge on any atom is 0.281 e. The monoisotopic (exact) mass is 304 g/mol. The Morgan fingerprint density at radius 2 is 1.65 bits per heavy atom. The lowest BCUT2D eigenvalue weighted by Crippen LogP contribution is -2.47. The van der Waals surface area contributed by atoms with Crippen molar-refractivity contribution in [3.8, 4) is 0 Å². The van der Waals surface area contributed by atoms with Gasteiger partial charge in [0.2, 0.25) is 0 Å². The van der Waals surface area contributed by atoms with Crippen molar-refractivity contribution >= 4 is 10.2 Å². The van der Waals surface area contributed by atoms with Gasteiger partial charge in [-0.1, -0.05) is 25.7 Å². The second kappa shape index (κ2) is 6.73. The van der Waals surface area contributed by atoms with Crippen LogP contribution in [0, 0.1) is 5.92 Å². The lowest BCUT2D eigenvalue weighted by molar-refractivity contribution is 0.121. The van der Waals surface area contributed by atoms with Crippen LogP contribution in [0.3, 0.4) is 0 Å². The predicted octanol–water partition coefficient (Wildman–Crippen LogP) is 1.59. The van der Waals surface area contributed by atoms with E-state index < -0.39 is 10.2 Å². The van der Waals surface area contributed by atoms with Crippen molar-refractivity contribution in [2.75, 3.05) is 20.6 Å². The molecule has 2 aliphatic carbocycles. The van der Waals surface area contributed by atoms with E-state index in [0.717, 1.165) is 44.9 Å². The Labute approximate surface area is 123 Å².